The molecule has 25 heavy (non-hydrogen) atoms. The molecule has 0 spiro atoms. The summed E-state index contributed by atoms with van der Waals surface area (Å²) < 4.78 is 6.01. The Labute approximate surface area is 152 Å². The van der Waals surface area contributed by atoms with Gasteiger partial charge in [0.15, 0.2) is 0 Å². The number of Topliss-reactive ketones (excluding diaryl/α,β-unsaturated/α-hetero) is 1. The van der Waals surface area contributed by atoms with Crippen molar-refractivity contribution in [3.05, 3.63) is 11.6 Å². The van der Waals surface area contributed by atoms with Crippen LogP contribution in [0.1, 0.15) is 71.6 Å². The molecule has 3 saturated carbocycles. The van der Waals surface area contributed by atoms with Gasteiger partial charge in [0, 0.05) is 25.0 Å². The van der Waals surface area contributed by atoms with Crippen LogP contribution in [-0.4, -0.2) is 30.2 Å². The molecule has 0 radical (unpaired) electrons. The summed E-state index contributed by atoms with van der Waals surface area (Å²) in [6, 6.07) is 0. The van der Waals surface area contributed by atoms with Gasteiger partial charge in [-0.05, 0) is 74.5 Å². The summed E-state index contributed by atoms with van der Waals surface area (Å²) in [5.74, 6) is 2.63. The molecule has 0 aromatic carbocycles. The number of aliphatic hydroxyl groups is 1. The zero-order chi connectivity index (χ0) is 17.7. The summed E-state index contributed by atoms with van der Waals surface area (Å²) in [6.07, 6.45) is 12.5. The highest BCUT2D eigenvalue weighted by atomic mass is 16.5. The maximum atomic E-state index is 12.5. The number of carbonyl (C=O) groups excluding carboxylic acids is 1. The van der Waals surface area contributed by atoms with Crippen molar-refractivity contribution in [1.82, 2.24) is 0 Å². The molecule has 1 N–H and O–H groups in total. The molecule has 6 atom stereocenters. The summed E-state index contributed by atoms with van der Waals surface area (Å²) in [6.45, 7) is 5.66. The monoisotopic (exact) mass is 346 g/mol. The van der Waals surface area contributed by atoms with Crippen LogP contribution in [0.2, 0.25) is 0 Å². The maximum Gasteiger partial charge on any atom is 0.139 e. The summed E-state index contributed by atoms with van der Waals surface area (Å²) in [4.78, 5) is 12.5. The van der Waals surface area contributed by atoms with Crippen LogP contribution in [0.25, 0.3) is 0 Å². The van der Waals surface area contributed by atoms with Gasteiger partial charge in [-0.3, -0.25) is 4.79 Å². The third kappa shape index (κ3) is 2.73. The van der Waals surface area contributed by atoms with Gasteiger partial charge in [0.05, 0.1) is 6.10 Å². The van der Waals surface area contributed by atoms with Gasteiger partial charge in [-0.1, -0.05) is 25.5 Å². The van der Waals surface area contributed by atoms with Gasteiger partial charge >= 0.3 is 0 Å². The van der Waals surface area contributed by atoms with Crippen LogP contribution in [0.4, 0.5) is 0 Å². The fourth-order valence-corrected chi connectivity index (χ4v) is 6.86. The molecule has 0 aliphatic heterocycles. The van der Waals surface area contributed by atoms with Crippen LogP contribution in [0.3, 0.4) is 0 Å². The minimum Gasteiger partial charge on any atom is -0.396 e. The molecule has 0 bridgehead atoms. The standard InChI is InChI=1S/C22H34O3/c1-21-10-8-16(25-13-3-12-23)14-15(21)4-5-17-18-6-7-20(24)22(18,2)11-9-19(17)21/h4,16-19,23H,3,5-14H2,1-2H3/t16?,17-,18-,19+,21-,22-/m0/s1. The predicted molar refractivity (Wildman–Crippen MR) is 98.2 cm³/mol. The molecule has 0 amide bonds. The highest BCUT2D eigenvalue weighted by molar-refractivity contribution is 5.87. The quantitative estimate of drug-likeness (QED) is 0.610. The molecular formula is C22H34O3. The largest absolute Gasteiger partial charge is 0.396 e. The Hall–Kier alpha value is -0.670. The molecule has 3 heteroatoms. The van der Waals surface area contributed by atoms with Crippen LogP contribution < -0.4 is 0 Å². The Balaban J connectivity index is 1.51. The number of hydrogen-bond donors (Lipinski definition) is 1. The van der Waals surface area contributed by atoms with E-state index in [1.54, 1.807) is 5.57 Å². The molecule has 0 aromatic rings. The fourth-order valence-electron chi connectivity index (χ4n) is 6.86. The average Bonchev–Trinajstić information content (AvgIpc) is 2.90. The lowest BCUT2D eigenvalue weighted by Crippen LogP contribution is -2.50. The van der Waals surface area contributed by atoms with E-state index >= 15 is 0 Å². The number of hydrogen-bond acceptors (Lipinski definition) is 3. The van der Waals surface area contributed by atoms with Crippen molar-refractivity contribution in [2.45, 2.75) is 77.7 Å². The molecule has 0 heterocycles. The van der Waals surface area contributed by atoms with Crippen LogP contribution >= 0.6 is 0 Å². The second-order valence-corrected chi connectivity index (χ2v) is 9.49. The van der Waals surface area contributed by atoms with Crippen molar-refractivity contribution < 1.29 is 14.6 Å². The van der Waals surface area contributed by atoms with Crippen molar-refractivity contribution in [2.24, 2.45) is 28.6 Å². The van der Waals surface area contributed by atoms with E-state index < -0.39 is 0 Å². The van der Waals surface area contributed by atoms with E-state index in [-0.39, 0.29) is 12.0 Å². The maximum absolute atomic E-state index is 12.5. The predicted octanol–water partition coefficient (Wildman–Crippen LogP) is 4.29. The van der Waals surface area contributed by atoms with Crippen molar-refractivity contribution in [3.63, 3.8) is 0 Å². The zero-order valence-corrected chi connectivity index (χ0v) is 15.9. The lowest BCUT2D eigenvalue weighted by atomic mass is 9.48. The average molecular weight is 347 g/mol. The molecule has 140 valence electrons. The lowest BCUT2D eigenvalue weighted by molar-refractivity contribution is -0.132. The minimum absolute atomic E-state index is 0.0204. The van der Waals surface area contributed by atoms with E-state index in [2.05, 4.69) is 19.9 Å². The number of ether oxygens (including phenoxy) is 1. The van der Waals surface area contributed by atoms with Crippen molar-refractivity contribution in [3.8, 4) is 0 Å². The molecule has 4 rings (SSSR count). The van der Waals surface area contributed by atoms with Crippen molar-refractivity contribution in [1.29, 1.82) is 0 Å². The second-order valence-electron chi connectivity index (χ2n) is 9.49. The highest BCUT2D eigenvalue weighted by Gasteiger charge is 2.58. The van der Waals surface area contributed by atoms with E-state index in [9.17, 15) is 4.79 Å². The number of allylic oxidation sites excluding steroid dienone is 1. The fraction of sp³-hybridized carbons (Fsp3) is 0.864. The first kappa shape index (κ1) is 17.7. The number of rotatable bonds is 4. The van der Waals surface area contributed by atoms with Gasteiger partial charge < -0.3 is 9.84 Å². The van der Waals surface area contributed by atoms with Crippen LogP contribution in [0.15, 0.2) is 11.6 Å². The van der Waals surface area contributed by atoms with Gasteiger partial charge in [0.1, 0.15) is 5.78 Å². The van der Waals surface area contributed by atoms with E-state index in [0.29, 0.717) is 35.7 Å². The normalized spacial score (nSPS) is 46.2. The van der Waals surface area contributed by atoms with E-state index in [1.807, 2.05) is 0 Å². The van der Waals surface area contributed by atoms with Crippen LogP contribution in [0.5, 0.6) is 0 Å². The topological polar surface area (TPSA) is 46.5 Å². The van der Waals surface area contributed by atoms with E-state index in [1.165, 1.54) is 19.3 Å². The number of aliphatic hydroxyl groups excluding tert-OH is 1. The Morgan fingerprint density at radius 1 is 1.16 bits per heavy atom. The first-order valence-electron chi connectivity index (χ1n) is 10.4. The Kier molecular flexibility index (Phi) is 4.60. The smallest absolute Gasteiger partial charge is 0.139 e. The highest BCUT2D eigenvalue weighted by Crippen LogP contribution is 2.64. The molecule has 3 nitrogen and oxygen atoms in total. The molecule has 3 fully saturated rings. The Bertz CT molecular complexity index is 568. The SMILES string of the molecule is C[C@]12CCC(OCCCO)CC1=CC[C@@H]1[C@H]2CC[C@]2(C)C(=O)CC[C@@H]12. The van der Waals surface area contributed by atoms with Gasteiger partial charge in [-0.2, -0.15) is 0 Å². The van der Waals surface area contributed by atoms with E-state index in [0.717, 1.165) is 44.4 Å². The lowest BCUT2D eigenvalue weighted by Gasteiger charge is -2.57. The van der Waals surface area contributed by atoms with Crippen LogP contribution in [-0.2, 0) is 9.53 Å². The van der Waals surface area contributed by atoms with Gasteiger partial charge in [0.2, 0.25) is 0 Å². The Morgan fingerprint density at radius 2 is 1.92 bits per heavy atom. The van der Waals surface area contributed by atoms with Gasteiger partial charge in [0.25, 0.3) is 0 Å². The summed E-state index contributed by atoms with van der Waals surface area (Å²) in [5.41, 5.74) is 1.93. The third-order valence-corrected chi connectivity index (χ3v) is 8.42. The molecule has 4 aliphatic rings. The zero-order valence-electron chi connectivity index (χ0n) is 15.9. The van der Waals surface area contributed by atoms with E-state index in [4.69, 9.17) is 9.84 Å². The second kappa shape index (κ2) is 6.49. The summed E-state index contributed by atoms with van der Waals surface area (Å²) in [7, 11) is 0. The Morgan fingerprint density at radius 3 is 2.72 bits per heavy atom. The first-order valence-corrected chi connectivity index (χ1v) is 10.4. The third-order valence-electron chi connectivity index (χ3n) is 8.42. The van der Waals surface area contributed by atoms with Crippen molar-refractivity contribution in [2.75, 3.05) is 13.2 Å². The molecule has 0 saturated heterocycles. The van der Waals surface area contributed by atoms with Crippen LogP contribution in [0, 0.1) is 28.6 Å². The van der Waals surface area contributed by atoms with Crippen molar-refractivity contribution >= 4 is 5.78 Å². The summed E-state index contributed by atoms with van der Waals surface area (Å²) >= 11 is 0. The summed E-state index contributed by atoms with van der Waals surface area (Å²) in [5, 5.41) is 8.95. The molecule has 4 aliphatic carbocycles. The molecule has 0 aromatic heterocycles. The number of fused-ring (bicyclic) bond motifs is 5. The first-order chi connectivity index (χ1) is 12.0. The van der Waals surface area contributed by atoms with Gasteiger partial charge in [-0.15, -0.1) is 0 Å². The molecule has 1 unspecified atom stereocenters. The minimum atomic E-state index is -0.0204. The molecular weight excluding hydrogens is 312 g/mol. The number of carbonyl (C=O) groups is 1. The van der Waals surface area contributed by atoms with Gasteiger partial charge in [-0.25, -0.2) is 0 Å². The number of ketones is 1.